The summed E-state index contributed by atoms with van der Waals surface area (Å²) in [5.74, 6) is 2.25. The lowest BCUT2D eigenvalue weighted by atomic mass is 10.3. The van der Waals surface area contributed by atoms with E-state index in [1.54, 1.807) is 12.1 Å². The maximum absolute atomic E-state index is 5.69. The number of rotatable bonds is 5. The van der Waals surface area contributed by atoms with Crippen LogP contribution in [0, 0.1) is 0 Å². The maximum Gasteiger partial charge on any atom is 0.240 e. The summed E-state index contributed by atoms with van der Waals surface area (Å²) in [6.07, 6.45) is 0. The predicted molar refractivity (Wildman–Crippen MR) is 72.9 cm³/mol. The van der Waals surface area contributed by atoms with Crippen molar-refractivity contribution in [2.24, 2.45) is 0 Å². The number of methoxy groups -OCH3 is 1. The van der Waals surface area contributed by atoms with E-state index in [2.05, 4.69) is 4.98 Å². The van der Waals surface area contributed by atoms with Crippen molar-refractivity contribution >= 4 is 5.69 Å². The van der Waals surface area contributed by atoms with Crippen molar-refractivity contribution in [3.63, 3.8) is 0 Å². The van der Waals surface area contributed by atoms with E-state index in [1.807, 2.05) is 31.2 Å². The summed E-state index contributed by atoms with van der Waals surface area (Å²) in [6, 6.07) is 10.7. The van der Waals surface area contributed by atoms with Gasteiger partial charge in [0.1, 0.15) is 11.5 Å². The van der Waals surface area contributed by atoms with E-state index in [0.29, 0.717) is 29.8 Å². The quantitative estimate of drug-likeness (QED) is 0.895. The molecule has 0 amide bonds. The topological polar surface area (TPSA) is 66.6 Å². The standard InChI is InChI=1S/C14H16N2O3/c1-3-18-10-4-6-11(7-5-10)19-13-9-8-12(15)14(16-13)17-2/h4-9H,3,15H2,1-2H3. The van der Waals surface area contributed by atoms with Crippen LogP contribution in [0.1, 0.15) is 6.92 Å². The van der Waals surface area contributed by atoms with Crippen molar-refractivity contribution in [2.45, 2.75) is 6.92 Å². The number of nitrogens with two attached hydrogens (primary N) is 1. The average molecular weight is 260 g/mol. The Balaban J connectivity index is 2.12. The lowest BCUT2D eigenvalue weighted by molar-refractivity contribution is 0.339. The highest BCUT2D eigenvalue weighted by Crippen LogP contribution is 2.26. The van der Waals surface area contributed by atoms with Gasteiger partial charge in [-0.3, -0.25) is 0 Å². The minimum Gasteiger partial charge on any atom is -0.494 e. The third kappa shape index (κ3) is 3.28. The third-order valence-electron chi connectivity index (χ3n) is 2.41. The Kier molecular flexibility index (Phi) is 4.07. The molecule has 0 spiro atoms. The number of anilines is 1. The van der Waals surface area contributed by atoms with Gasteiger partial charge in [0.2, 0.25) is 11.8 Å². The summed E-state index contributed by atoms with van der Waals surface area (Å²) in [6.45, 7) is 2.58. The first-order valence-electron chi connectivity index (χ1n) is 5.94. The fourth-order valence-corrected chi connectivity index (χ4v) is 1.55. The van der Waals surface area contributed by atoms with Crippen molar-refractivity contribution in [3.05, 3.63) is 36.4 Å². The van der Waals surface area contributed by atoms with E-state index in [-0.39, 0.29) is 0 Å². The molecule has 0 aliphatic rings. The van der Waals surface area contributed by atoms with Crippen molar-refractivity contribution in [1.29, 1.82) is 0 Å². The summed E-state index contributed by atoms with van der Waals surface area (Å²) in [7, 11) is 1.51. The number of nitrogen functional groups attached to an aromatic ring is 1. The van der Waals surface area contributed by atoms with Crippen molar-refractivity contribution in [2.75, 3.05) is 19.5 Å². The second kappa shape index (κ2) is 5.95. The van der Waals surface area contributed by atoms with Crippen molar-refractivity contribution in [3.8, 4) is 23.3 Å². The summed E-state index contributed by atoms with van der Waals surface area (Å²) in [5.41, 5.74) is 6.16. The summed E-state index contributed by atoms with van der Waals surface area (Å²) in [4.78, 5) is 4.14. The molecular formula is C14H16N2O3. The molecule has 5 heteroatoms. The van der Waals surface area contributed by atoms with Gasteiger partial charge in [-0.2, -0.15) is 4.98 Å². The Morgan fingerprint density at radius 3 is 2.37 bits per heavy atom. The van der Waals surface area contributed by atoms with E-state index < -0.39 is 0 Å². The van der Waals surface area contributed by atoms with Crippen LogP contribution in [-0.4, -0.2) is 18.7 Å². The van der Waals surface area contributed by atoms with Crippen molar-refractivity contribution < 1.29 is 14.2 Å². The number of aromatic nitrogens is 1. The summed E-state index contributed by atoms with van der Waals surface area (Å²) in [5, 5.41) is 0. The van der Waals surface area contributed by atoms with Crippen LogP contribution in [0.4, 0.5) is 5.69 Å². The van der Waals surface area contributed by atoms with E-state index >= 15 is 0 Å². The van der Waals surface area contributed by atoms with Gasteiger partial charge in [0.05, 0.1) is 19.4 Å². The molecule has 2 rings (SSSR count). The molecule has 2 N–H and O–H groups in total. The van der Waals surface area contributed by atoms with E-state index in [4.69, 9.17) is 19.9 Å². The Morgan fingerprint density at radius 1 is 1.05 bits per heavy atom. The van der Waals surface area contributed by atoms with Gasteiger partial charge in [0.25, 0.3) is 0 Å². The summed E-state index contributed by atoms with van der Waals surface area (Å²) >= 11 is 0. The Bertz CT molecular complexity index is 541. The number of hydrogen-bond donors (Lipinski definition) is 1. The van der Waals surface area contributed by atoms with Crippen LogP contribution in [0.3, 0.4) is 0 Å². The Morgan fingerprint density at radius 2 is 1.74 bits per heavy atom. The largest absolute Gasteiger partial charge is 0.494 e. The van der Waals surface area contributed by atoms with Gasteiger partial charge >= 0.3 is 0 Å². The molecule has 0 saturated heterocycles. The normalized spacial score (nSPS) is 10.0. The molecule has 5 nitrogen and oxygen atoms in total. The maximum atomic E-state index is 5.69. The number of hydrogen-bond acceptors (Lipinski definition) is 5. The molecule has 100 valence electrons. The Hall–Kier alpha value is -2.43. The van der Waals surface area contributed by atoms with Crippen LogP contribution >= 0.6 is 0 Å². The molecule has 19 heavy (non-hydrogen) atoms. The molecule has 1 heterocycles. The first-order chi connectivity index (χ1) is 9.22. The molecule has 0 fully saturated rings. The third-order valence-corrected chi connectivity index (χ3v) is 2.41. The molecule has 0 bridgehead atoms. The molecule has 0 radical (unpaired) electrons. The van der Waals surface area contributed by atoms with Gasteiger partial charge in [-0.05, 0) is 37.3 Å². The first kappa shape index (κ1) is 13.0. The molecular weight excluding hydrogens is 244 g/mol. The zero-order chi connectivity index (χ0) is 13.7. The highest BCUT2D eigenvalue weighted by molar-refractivity contribution is 5.49. The van der Waals surface area contributed by atoms with Crippen LogP contribution in [0.5, 0.6) is 23.3 Å². The Labute approximate surface area is 111 Å². The highest BCUT2D eigenvalue weighted by Gasteiger charge is 2.05. The number of nitrogens with zero attached hydrogens (tertiary/aromatic N) is 1. The monoisotopic (exact) mass is 260 g/mol. The van der Waals surface area contributed by atoms with Crippen LogP contribution in [0.15, 0.2) is 36.4 Å². The molecule has 0 saturated carbocycles. The second-order valence-electron chi connectivity index (χ2n) is 3.75. The molecule has 0 aliphatic carbocycles. The average Bonchev–Trinajstić information content (AvgIpc) is 2.43. The predicted octanol–water partition coefficient (Wildman–Crippen LogP) is 2.86. The number of ether oxygens (including phenoxy) is 3. The van der Waals surface area contributed by atoms with Crippen LogP contribution in [-0.2, 0) is 0 Å². The second-order valence-corrected chi connectivity index (χ2v) is 3.75. The molecule has 1 aromatic heterocycles. The van der Waals surface area contributed by atoms with E-state index in [1.165, 1.54) is 7.11 Å². The molecule has 0 aliphatic heterocycles. The molecule has 0 atom stereocenters. The van der Waals surface area contributed by atoms with Crippen molar-refractivity contribution in [1.82, 2.24) is 4.98 Å². The van der Waals surface area contributed by atoms with Crippen LogP contribution in [0.25, 0.3) is 0 Å². The van der Waals surface area contributed by atoms with Crippen LogP contribution in [0.2, 0.25) is 0 Å². The van der Waals surface area contributed by atoms with Gasteiger partial charge in [0.15, 0.2) is 0 Å². The minimum absolute atomic E-state index is 0.350. The number of pyridine rings is 1. The van der Waals surface area contributed by atoms with Gasteiger partial charge < -0.3 is 19.9 Å². The molecule has 2 aromatic rings. The smallest absolute Gasteiger partial charge is 0.240 e. The fourth-order valence-electron chi connectivity index (χ4n) is 1.55. The first-order valence-corrected chi connectivity index (χ1v) is 5.94. The van der Waals surface area contributed by atoms with Gasteiger partial charge in [-0.25, -0.2) is 0 Å². The van der Waals surface area contributed by atoms with Gasteiger partial charge in [0, 0.05) is 6.07 Å². The molecule has 0 unspecified atom stereocenters. The highest BCUT2D eigenvalue weighted by atomic mass is 16.5. The van der Waals surface area contributed by atoms with Gasteiger partial charge in [-0.15, -0.1) is 0 Å². The lowest BCUT2D eigenvalue weighted by Crippen LogP contribution is -1.97. The summed E-state index contributed by atoms with van der Waals surface area (Å²) < 4.78 is 16.0. The SMILES string of the molecule is CCOc1ccc(Oc2ccc(N)c(OC)n2)cc1. The van der Waals surface area contributed by atoms with E-state index in [9.17, 15) is 0 Å². The molecule has 1 aromatic carbocycles. The van der Waals surface area contributed by atoms with Gasteiger partial charge in [-0.1, -0.05) is 0 Å². The zero-order valence-electron chi connectivity index (χ0n) is 10.9. The minimum atomic E-state index is 0.350. The van der Waals surface area contributed by atoms with E-state index in [0.717, 1.165) is 5.75 Å². The fraction of sp³-hybridized carbons (Fsp3) is 0.214. The number of benzene rings is 1. The lowest BCUT2D eigenvalue weighted by Gasteiger charge is -2.08. The van der Waals surface area contributed by atoms with Crippen LogP contribution < -0.4 is 19.9 Å². The zero-order valence-corrected chi connectivity index (χ0v) is 10.9.